The molecular weight excluding hydrogens is 159 g/mol. The zero-order valence-corrected chi connectivity index (χ0v) is 6.24. The van der Waals surface area contributed by atoms with Gasteiger partial charge in [-0.25, -0.2) is 9.37 Å². The molecule has 0 amide bonds. The van der Waals surface area contributed by atoms with Gasteiger partial charge in [0.25, 0.3) is 0 Å². The molecule has 0 fully saturated rings. The van der Waals surface area contributed by atoms with Crippen molar-refractivity contribution < 1.29 is 9.50 Å². The second kappa shape index (κ2) is 2.57. The summed E-state index contributed by atoms with van der Waals surface area (Å²) in [6, 6.07) is 2.93. The molecule has 0 aromatic carbocycles. The lowest BCUT2D eigenvalue weighted by Gasteiger charge is -1.96. The molecule has 3 nitrogen and oxygen atoms in total. The number of hydrogen-bond acceptors (Lipinski definition) is 2. The Morgan fingerprint density at radius 1 is 1.58 bits per heavy atom. The van der Waals surface area contributed by atoms with E-state index < -0.39 is 0 Å². The van der Waals surface area contributed by atoms with Gasteiger partial charge in [0.2, 0.25) is 0 Å². The molecule has 0 unspecified atom stereocenters. The van der Waals surface area contributed by atoms with Crippen molar-refractivity contribution in [2.24, 2.45) is 0 Å². The molecule has 0 atom stereocenters. The van der Waals surface area contributed by atoms with Crippen molar-refractivity contribution in [3.8, 4) is 0 Å². The Morgan fingerprint density at radius 3 is 3.17 bits per heavy atom. The maximum atomic E-state index is 13.0. The maximum absolute atomic E-state index is 13.0. The van der Waals surface area contributed by atoms with Gasteiger partial charge in [-0.1, -0.05) is 0 Å². The largest absolute Gasteiger partial charge is 0.388 e. The number of pyridine rings is 1. The SMILES string of the molecule is OCc1ncc2c(F)cccn12. The lowest BCUT2D eigenvalue weighted by atomic mass is 10.4. The third-order valence-electron chi connectivity index (χ3n) is 1.74. The Hall–Kier alpha value is -1.42. The fourth-order valence-corrected chi connectivity index (χ4v) is 1.16. The Balaban J connectivity index is 2.80. The maximum Gasteiger partial charge on any atom is 0.148 e. The van der Waals surface area contributed by atoms with Gasteiger partial charge in [-0.3, -0.25) is 4.40 Å². The second-order valence-corrected chi connectivity index (χ2v) is 2.44. The van der Waals surface area contributed by atoms with Crippen molar-refractivity contribution in [1.29, 1.82) is 0 Å². The molecule has 0 aliphatic rings. The highest BCUT2D eigenvalue weighted by Crippen LogP contribution is 2.10. The van der Waals surface area contributed by atoms with Crippen LogP contribution in [0.1, 0.15) is 5.82 Å². The van der Waals surface area contributed by atoms with E-state index >= 15 is 0 Å². The highest BCUT2D eigenvalue weighted by molar-refractivity contribution is 5.47. The van der Waals surface area contributed by atoms with Crippen molar-refractivity contribution >= 4 is 5.52 Å². The Morgan fingerprint density at radius 2 is 2.42 bits per heavy atom. The predicted octanol–water partition coefficient (Wildman–Crippen LogP) is 0.966. The second-order valence-electron chi connectivity index (χ2n) is 2.44. The number of fused-ring (bicyclic) bond motifs is 1. The molecule has 4 heteroatoms. The van der Waals surface area contributed by atoms with Gasteiger partial charge in [0.15, 0.2) is 0 Å². The zero-order chi connectivity index (χ0) is 8.55. The summed E-state index contributed by atoms with van der Waals surface area (Å²) in [6.07, 6.45) is 3.07. The van der Waals surface area contributed by atoms with Crippen LogP contribution in [0.3, 0.4) is 0 Å². The topological polar surface area (TPSA) is 37.5 Å². The van der Waals surface area contributed by atoms with E-state index in [9.17, 15) is 4.39 Å². The molecule has 2 aromatic rings. The molecule has 2 aromatic heterocycles. The van der Waals surface area contributed by atoms with E-state index in [0.717, 1.165) is 0 Å². The molecule has 2 rings (SSSR count). The summed E-state index contributed by atoms with van der Waals surface area (Å²) < 4.78 is 14.5. The van der Waals surface area contributed by atoms with Crippen molar-refractivity contribution in [3.05, 3.63) is 36.2 Å². The fraction of sp³-hybridized carbons (Fsp3) is 0.125. The van der Waals surface area contributed by atoms with Crippen LogP contribution in [0.4, 0.5) is 4.39 Å². The first-order valence-electron chi connectivity index (χ1n) is 3.54. The first-order valence-corrected chi connectivity index (χ1v) is 3.54. The third kappa shape index (κ3) is 0.887. The minimum atomic E-state index is -0.329. The Labute approximate surface area is 68.1 Å². The van der Waals surface area contributed by atoms with Gasteiger partial charge in [-0.15, -0.1) is 0 Å². The van der Waals surface area contributed by atoms with Gasteiger partial charge >= 0.3 is 0 Å². The molecule has 0 bridgehead atoms. The summed E-state index contributed by atoms with van der Waals surface area (Å²) in [5.41, 5.74) is 0.390. The van der Waals surface area contributed by atoms with Gasteiger partial charge in [-0.05, 0) is 12.1 Å². The van der Waals surface area contributed by atoms with Crippen molar-refractivity contribution in [2.75, 3.05) is 0 Å². The number of rotatable bonds is 1. The van der Waals surface area contributed by atoms with Crippen LogP contribution in [0.5, 0.6) is 0 Å². The molecule has 0 radical (unpaired) electrons. The lowest BCUT2D eigenvalue weighted by molar-refractivity contribution is 0.270. The number of aliphatic hydroxyl groups is 1. The van der Waals surface area contributed by atoms with Crippen LogP contribution in [0.25, 0.3) is 5.52 Å². The summed E-state index contributed by atoms with van der Waals surface area (Å²) >= 11 is 0. The van der Waals surface area contributed by atoms with Gasteiger partial charge in [0, 0.05) is 6.20 Å². The fourth-order valence-electron chi connectivity index (χ4n) is 1.16. The van der Waals surface area contributed by atoms with E-state index in [1.54, 1.807) is 12.3 Å². The standard InChI is InChI=1S/C8H7FN2O/c9-6-2-1-3-11-7(6)4-10-8(11)5-12/h1-4,12H,5H2. The van der Waals surface area contributed by atoms with Gasteiger partial charge in [0.05, 0.1) is 6.20 Å². The molecule has 0 saturated carbocycles. The minimum Gasteiger partial charge on any atom is -0.388 e. The predicted molar refractivity (Wildman–Crippen MR) is 41.1 cm³/mol. The molecule has 12 heavy (non-hydrogen) atoms. The van der Waals surface area contributed by atoms with E-state index in [4.69, 9.17) is 5.11 Å². The summed E-state index contributed by atoms with van der Waals surface area (Å²) in [4.78, 5) is 3.85. The quantitative estimate of drug-likeness (QED) is 0.685. The highest BCUT2D eigenvalue weighted by atomic mass is 19.1. The first-order chi connectivity index (χ1) is 5.83. The third-order valence-corrected chi connectivity index (χ3v) is 1.74. The Bertz CT molecular complexity index is 410. The number of halogens is 1. The van der Waals surface area contributed by atoms with E-state index in [1.807, 2.05) is 0 Å². The van der Waals surface area contributed by atoms with Crippen LogP contribution in [0.15, 0.2) is 24.5 Å². The van der Waals surface area contributed by atoms with Crippen LogP contribution < -0.4 is 0 Å². The number of aliphatic hydroxyl groups excluding tert-OH is 1. The first kappa shape index (κ1) is 7.24. The number of imidazole rings is 1. The molecule has 62 valence electrons. The van der Waals surface area contributed by atoms with E-state index in [0.29, 0.717) is 11.3 Å². The van der Waals surface area contributed by atoms with Crippen molar-refractivity contribution in [1.82, 2.24) is 9.38 Å². The molecule has 0 aliphatic heterocycles. The number of hydrogen-bond donors (Lipinski definition) is 1. The zero-order valence-electron chi connectivity index (χ0n) is 6.24. The molecule has 0 aliphatic carbocycles. The average molecular weight is 166 g/mol. The average Bonchev–Trinajstić information content (AvgIpc) is 2.49. The summed E-state index contributed by atoms with van der Waals surface area (Å²) in [5.74, 6) is 0.120. The summed E-state index contributed by atoms with van der Waals surface area (Å²) in [7, 11) is 0. The van der Waals surface area contributed by atoms with E-state index in [2.05, 4.69) is 4.98 Å². The molecule has 2 heterocycles. The number of nitrogens with zero attached hydrogens (tertiary/aromatic N) is 2. The van der Waals surface area contributed by atoms with Crippen LogP contribution in [0, 0.1) is 5.82 Å². The normalized spacial score (nSPS) is 10.8. The molecular formula is C8H7FN2O. The smallest absolute Gasteiger partial charge is 0.148 e. The molecule has 0 saturated heterocycles. The lowest BCUT2D eigenvalue weighted by Crippen LogP contribution is -1.94. The van der Waals surface area contributed by atoms with E-state index in [-0.39, 0.29) is 12.4 Å². The molecule has 1 N–H and O–H groups in total. The monoisotopic (exact) mass is 166 g/mol. The van der Waals surface area contributed by atoms with Crippen LogP contribution in [-0.2, 0) is 6.61 Å². The van der Waals surface area contributed by atoms with Crippen molar-refractivity contribution in [3.63, 3.8) is 0 Å². The summed E-state index contributed by atoms with van der Waals surface area (Å²) in [6.45, 7) is -0.183. The van der Waals surface area contributed by atoms with Gasteiger partial charge < -0.3 is 5.11 Å². The Kier molecular flexibility index (Phi) is 1.55. The number of aromatic nitrogens is 2. The minimum absolute atomic E-state index is 0.183. The van der Waals surface area contributed by atoms with Crippen LogP contribution in [0.2, 0.25) is 0 Å². The molecule has 0 spiro atoms. The summed E-state index contributed by atoms with van der Waals surface area (Å²) in [5, 5.41) is 8.81. The van der Waals surface area contributed by atoms with Crippen LogP contribution >= 0.6 is 0 Å². The van der Waals surface area contributed by atoms with E-state index in [1.165, 1.54) is 16.7 Å². The highest BCUT2D eigenvalue weighted by Gasteiger charge is 2.04. The van der Waals surface area contributed by atoms with Gasteiger partial charge in [-0.2, -0.15) is 0 Å². The van der Waals surface area contributed by atoms with Crippen LogP contribution in [-0.4, -0.2) is 14.5 Å². The van der Waals surface area contributed by atoms with Gasteiger partial charge in [0.1, 0.15) is 23.8 Å². The van der Waals surface area contributed by atoms with Crippen molar-refractivity contribution in [2.45, 2.75) is 6.61 Å².